The molecular formula is C21H15ClF6N4O2. The first-order valence-electron chi connectivity index (χ1n) is 9.78. The van der Waals surface area contributed by atoms with Crippen LogP contribution >= 0.6 is 11.6 Å². The van der Waals surface area contributed by atoms with Crippen molar-refractivity contribution in [3.63, 3.8) is 0 Å². The Morgan fingerprint density at radius 2 is 1.65 bits per heavy atom. The van der Waals surface area contributed by atoms with Crippen molar-refractivity contribution in [2.75, 3.05) is 0 Å². The predicted molar refractivity (Wildman–Crippen MR) is 109 cm³/mol. The van der Waals surface area contributed by atoms with Gasteiger partial charge in [0.05, 0.1) is 11.1 Å². The van der Waals surface area contributed by atoms with E-state index in [0.29, 0.717) is 12.1 Å². The molecule has 13 heteroatoms. The second kappa shape index (κ2) is 8.19. The standard InChI is InChI=1S/C21H15ClF6N4O2/c1-11-7-32-16(3-2-15(18(32)33)30-9-17(22)29-10-30)19(34)31(11)8-12-4-13(20(23,24)25)6-14(5-12)21(26,27)28/h2-6,9-11H,7-8H2,1H3/t11-/m1/s1. The summed E-state index contributed by atoms with van der Waals surface area (Å²) in [6.07, 6.45) is -7.28. The minimum absolute atomic E-state index is 0.0126. The summed E-state index contributed by atoms with van der Waals surface area (Å²) >= 11 is 5.78. The van der Waals surface area contributed by atoms with Gasteiger partial charge in [-0.1, -0.05) is 11.6 Å². The molecule has 0 radical (unpaired) electrons. The maximum absolute atomic E-state index is 13.2. The van der Waals surface area contributed by atoms with E-state index in [1.807, 2.05) is 0 Å². The molecule has 1 aromatic carbocycles. The van der Waals surface area contributed by atoms with Gasteiger partial charge in [-0.2, -0.15) is 26.3 Å². The van der Waals surface area contributed by atoms with Crippen LogP contribution in [0.5, 0.6) is 0 Å². The van der Waals surface area contributed by atoms with E-state index in [2.05, 4.69) is 4.98 Å². The van der Waals surface area contributed by atoms with Gasteiger partial charge in [-0.15, -0.1) is 0 Å². The van der Waals surface area contributed by atoms with E-state index in [1.165, 1.54) is 33.8 Å². The van der Waals surface area contributed by atoms with Crippen LogP contribution in [0.25, 0.3) is 5.69 Å². The van der Waals surface area contributed by atoms with Crippen LogP contribution in [0.15, 0.2) is 47.7 Å². The minimum Gasteiger partial charge on any atom is -0.329 e. The lowest BCUT2D eigenvalue weighted by molar-refractivity contribution is -0.143. The fourth-order valence-corrected chi connectivity index (χ4v) is 3.96. The molecule has 2 aromatic heterocycles. The molecule has 4 rings (SSSR count). The summed E-state index contributed by atoms with van der Waals surface area (Å²) in [7, 11) is 0. The van der Waals surface area contributed by atoms with Crippen molar-refractivity contribution in [2.45, 2.75) is 38.4 Å². The van der Waals surface area contributed by atoms with Gasteiger partial charge in [0, 0.05) is 25.3 Å². The van der Waals surface area contributed by atoms with Crippen LogP contribution in [0.3, 0.4) is 0 Å². The molecule has 1 atom stereocenters. The summed E-state index contributed by atoms with van der Waals surface area (Å²) in [5.74, 6) is -0.697. The molecule has 34 heavy (non-hydrogen) atoms. The number of nitrogens with zero attached hydrogens (tertiary/aromatic N) is 4. The average molecular weight is 505 g/mol. The van der Waals surface area contributed by atoms with Crippen molar-refractivity contribution in [3.8, 4) is 5.69 Å². The Morgan fingerprint density at radius 3 is 2.18 bits per heavy atom. The number of hydrogen-bond donors (Lipinski definition) is 0. The van der Waals surface area contributed by atoms with Gasteiger partial charge in [0.2, 0.25) is 0 Å². The minimum atomic E-state index is -5.00. The molecule has 6 nitrogen and oxygen atoms in total. The molecular weight excluding hydrogens is 490 g/mol. The van der Waals surface area contributed by atoms with Gasteiger partial charge in [0.1, 0.15) is 22.9 Å². The highest BCUT2D eigenvalue weighted by molar-refractivity contribution is 6.29. The van der Waals surface area contributed by atoms with Crippen molar-refractivity contribution >= 4 is 17.5 Å². The summed E-state index contributed by atoms with van der Waals surface area (Å²) in [6, 6.07) is 3.24. The number of carbonyl (C=O) groups excluding carboxylic acids is 1. The molecule has 1 amide bonds. The highest BCUT2D eigenvalue weighted by atomic mass is 35.5. The van der Waals surface area contributed by atoms with Crippen molar-refractivity contribution in [1.82, 2.24) is 19.0 Å². The number of imidazole rings is 1. The summed E-state index contributed by atoms with van der Waals surface area (Å²) < 4.78 is 81.7. The molecule has 0 unspecified atom stereocenters. The Morgan fingerprint density at radius 1 is 1.03 bits per heavy atom. The molecule has 0 saturated heterocycles. The van der Waals surface area contributed by atoms with Crippen molar-refractivity contribution in [1.29, 1.82) is 0 Å². The van der Waals surface area contributed by atoms with E-state index >= 15 is 0 Å². The van der Waals surface area contributed by atoms with E-state index in [4.69, 9.17) is 11.6 Å². The Kier molecular flexibility index (Phi) is 5.75. The first-order chi connectivity index (χ1) is 15.8. The fourth-order valence-electron chi connectivity index (χ4n) is 3.81. The zero-order valence-electron chi connectivity index (χ0n) is 17.3. The fraction of sp³-hybridized carbons (Fsp3) is 0.286. The Hall–Kier alpha value is -3.28. The van der Waals surface area contributed by atoms with Crippen molar-refractivity contribution in [2.24, 2.45) is 0 Å². The lowest BCUT2D eigenvalue weighted by Crippen LogP contribution is -2.49. The van der Waals surface area contributed by atoms with Gasteiger partial charge in [0.15, 0.2) is 0 Å². The second-order valence-electron chi connectivity index (χ2n) is 7.82. The number of alkyl halides is 6. The molecule has 0 spiro atoms. The number of hydrogen-bond acceptors (Lipinski definition) is 3. The van der Waals surface area contributed by atoms with Crippen LogP contribution in [-0.4, -0.2) is 31.0 Å². The SMILES string of the molecule is C[C@@H]1Cn2c(ccc(-n3cnc(Cl)c3)c2=O)C(=O)N1Cc1cc(C(F)(F)F)cc(C(F)(F)F)c1. The van der Waals surface area contributed by atoms with Crippen LogP contribution in [-0.2, 0) is 25.4 Å². The lowest BCUT2D eigenvalue weighted by Gasteiger charge is -2.35. The van der Waals surface area contributed by atoms with Gasteiger partial charge in [0.25, 0.3) is 11.5 Å². The molecule has 0 N–H and O–H groups in total. The van der Waals surface area contributed by atoms with Crippen LogP contribution in [0.2, 0.25) is 5.15 Å². The van der Waals surface area contributed by atoms with Gasteiger partial charge >= 0.3 is 12.4 Å². The molecule has 0 aliphatic carbocycles. The molecule has 0 fully saturated rings. The van der Waals surface area contributed by atoms with Crippen LogP contribution < -0.4 is 5.56 Å². The third-order valence-electron chi connectivity index (χ3n) is 5.44. The predicted octanol–water partition coefficient (Wildman–Crippen LogP) is 4.77. The zero-order chi connectivity index (χ0) is 25.0. The third-order valence-corrected chi connectivity index (χ3v) is 5.64. The summed E-state index contributed by atoms with van der Waals surface area (Å²) in [5, 5.41) is 0.150. The Balaban J connectivity index is 1.71. The molecule has 1 aliphatic rings. The van der Waals surface area contributed by atoms with Crippen molar-refractivity contribution < 1.29 is 31.1 Å². The topological polar surface area (TPSA) is 60.1 Å². The van der Waals surface area contributed by atoms with E-state index in [0.717, 1.165) is 4.90 Å². The first-order valence-corrected chi connectivity index (χ1v) is 10.2. The number of pyridine rings is 1. The normalized spacial score (nSPS) is 16.6. The summed E-state index contributed by atoms with van der Waals surface area (Å²) in [6.45, 7) is 1.04. The number of fused-ring (bicyclic) bond motifs is 1. The van der Waals surface area contributed by atoms with Crippen molar-refractivity contribution in [3.05, 3.63) is 80.7 Å². The van der Waals surface area contributed by atoms with E-state index < -0.39 is 47.5 Å². The maximum Gasteiger partial charge on any atom is 0.416 e. The first kappa shape index (κ1) is 23.9. The number of halogens is 7. The number of rotatable bonds is 3. The number of benzene rings is 1. The molecule has 0 saturated carbocycles. The molecule has 3 heterocycles. The highest BCUT2D eigenvalue weighted by Gasteiger charge is 2.38. The van der Waals surface area contributed by atoms with Gasteiger partial charge < -0.3 is 9.47 Å². The maximum atomic E-state index is 13.2. The molecule has 180 valence electrons. The Bertz CT molecular complexity index is 1300. The monoisotopic (exact) mass is 504 g/mol. The molecule has 3 aromatic rings. The van der Waals surface area contributed by atoms with Crippen LogP contribution in [0, 0.1) is 0 Å². The molecule has 0 bridgehead atoms. The quantitative estimate of drug-likeness (QED) is 0.483. The van der Waals surface area contributed by atoms with Crippen LogP contribution in [0.1, 0.15) is 34.1 Å². The second-order valence-corrected chi connectivity index (χ2v) is 8.21. The van der Waals surface area contributed by atoms with E-state index in [9.17, 15) is 35.9 Å². The largest absolute Gasteiger partial charge is 0.416 e. The van der Waals surface area contributed by atoms with Gasteiger partial charge in [-0.3, -0.25) is 14.2 Å². The van der Waals surface area contributed by atoms with Gasteiger partial charge in [-0.25, -0.2) is 4.98 Å². The van der Waals surface area contributed by atoms with E-state index in [-0.39, 0.29) is 34.7 Å². The summed E-state index contributed by atoms with van der Waals surface area (Å²) in [5.41, 5.74) is -3.65. The average Bonchev–Trinajstić information content (AvgIpc) is 3.16. The lowest BCUT2D eigenvalue weighted by atomic mass is 10.0. The molecule has 1 aliphatic heterocycles. The van der Waals surface area contributed by atoms with Gasteiger partial charge in [-0.05, 0) is 42.8 Å². The smallest absolute Gasteiger partial charge is 0.329 e. The summed E-state index contributed by atoms with van der Waals surface area (Å²) in [4.78, 5) is 31.0. The third kappa shape index (κ3) is 4.41. The number of carbonyl (C=O) groups is 1. The Labute approximate surface area is 193 Å². The zero-order valence-corrected chi connectivity index (χ0v) is 18.0. The highest BCUT2D eigenvalue weighted by Crippen LogP contribution is 2.37. The number of aromatic nitrogens is 3. The van der Waals surface area contributed by atoms with Crippen LogP contribution in [0.4, 0.5) is 26.3 Å². The van der Waals surface area contributed by atoms with E-state index in [1.54, 1.807) is 6.92 Å². The number of amides is 1.